The van der Waals surface area contributed by atoms with Crippen molar-refractivity contribution in [3.63, 3.8) is 0 Å². The van der Waals surface area contributed by atoms with Gasteiger partial charge in [0.25, 0.3) is 0 Å². The van der Waals surface area contributed by atoms with Gasteiger partial charge in [0, 0.05) is 10.6 Å². The summed E-state index contributed by atoms with van der Waals surface area (Å²) in [4.78, 5) is 0. The number of rotatable bonds is 4. The fourth-order valence-electron chi connectivity index (χ4n) is 2.18. The maximum absolute atomic E-state index is 10.6. The molecular weight excluding hydrogens is 272 g/mol. The van der Waals surface area contributed by atoms with E-state index in [9.17, 15) is 5.11 Å². The third-order valence-electron chi connectivity index (χ3n) is 3.10. The molecule has 2 nitrogen and oxygen atoms in total. The number of aliphatic hydroxyl groups is 1. The van der Waals surface area contributed by atoms with Crippen LogP contribution in [0.25, 0.3) is 0 Å². The van der Waals surface area contributed by atoms with E-state index >= 15 is 0 Å². The van der Waals surface area contributed by atoms with Crippen LogP contribution in [0.3, 0.4) is 0 Å². The van der Waals surface area contributed by atoms with E-state index in [0.29, 0.717) is 10.8 Å². The molecule has 0 heterocycles. The summed E-state index contributed by atoms with van der Waals surface area (Å²) in [6.07, 6.45) is -0.656. The van der Waals surface area contributed by atoms with Crippen LogP contribution in [0.4, 0.5) is 0 Å². The summed E-state index contributed by atoms with van der Waals surface area (Å²) in [5.41, 5.74) is 2.57. The summed E-state index contributed by atoms with van der Waals surface area (Å²) in [6.45, 7) is 5.88. The maximum Gasteiger partial charge on any atom is 0.125 e. The molecule has 2 aromatic carbocycles. The van der Waals surface area contributed by atoms with Gasteiger partial charge in [-0.3, -0.25) is 0 Å². The van der Waals surface area contributed by atoms with Crippen LogP contribution < -0.4 is 4.74 Å². The largest absolute Gasteiger partial charge is 0.491 e. The van der Waals surface area contributed by atoms with Crippen molar-refractivity contribution in [3.05, 3.63) is 64.2 Å². The molecular formula is C17H19ClO2. The summed E-state index contributed by atoms with van der Waals surface area (Å²) >= 11 is 5.96. The molecule has 0 aliphatic heterocycles. The molecule has 0 amide bonds. The van der Waals surface area contributed by atoms with Crippen LogP contribution in [-0.2, 0) is 0 Å². The van der Waals surface area contributed by atoms with Gasteiger partial charge < -0.3 is 9.84 Å². The second kappa shape index (κ2) is 6.29. The number of para-hydroxylation sites is 1. The van der Waals surface area contributed by atoms with Gasteiger partial charge in [-0.2, -0.15) is 0 Å². The van der Waals surface area contributed by atoms with Crippen LogP contribution in [-0.4, -0.2) is 11.2 Å². The highest BCUT2D eigenvalue weighted by molar-refractivity contribution is 6.30. The minimum Gasteiger partial charge on any atom is -0.491 e. The molecule has 106 valence electrons. The van der Waals surface area contributed by atoms with Crippen molar-refractivity contribution < 1.29 is 9.84 Å². The molecule has 2 aromatic rings. The molecule has 2 rings (SSSR count). The van der Waals surface area contributed by atoms with Crippen molar-refractivity contribution in [1.82, 2.24) is 0 Å². The number of benzene rings is 2. The zero-order valence-corrected chi connectivity index (χ0v) is 12.7. The zero-order chi connectivity index (χ0) is 14.7. The predicted octanol–water partition coefficient (Wildman–Crippen LogP) is 4.52. The first kappa shape index (κ1) is 14.9. The zero-order valence-electron chi connectivity index (χ0n) is 11.9. The first-order valence-corrected chi connectivity index (χ1v) is 7.06. The fourth-order valence-corrected chi connectivity index (χ4v) is 2.41. The minimum atomic E-state index is -0.720. The quantitative estimate of drug-likeness (QED) is 0.897. The van der Waals surface area contributed by atoms with Crippen LogP contribution in [0.2, 0.25) is 5.02 Å². The van der Waals surface area contributed by atoms with Crippen molar-refractivity contribution in [2.75, 3.05) is 0 Å². The summed E-state index contributed by atoms with van der Waals surface area (Å²) in [6, 6.07) is 13.1. The molecule has 20 heavy (non-hydrogen) atoms. The van der Waals surface area contributed by atoms with Gasteiger partial charge in [0.05, 0.1) is 6.10 Å². The molecule has 0 bridgehead atoms. The highest BCUT2D eigenvalue weighted by Gasteiger charge is 2.17. The van der Waals surface area contributed by atoms with E-state index in [-0.39, 0.29) is 6.10 Å². The highest BCUT2D eigenvalue weighted by atomic mass is 35.5. The molecule has 0 saturated heterocycles. The Morgan fingerprint density at radius 3 is 2.40 bits per heavy atom. The molecule has 1 unspecified atom stereocenters. The van der Waals surface area contributed by atoms with E-state index < -0.39 is 6.10 Å². The molecule has 0 radical (unpaired) electrons. The highest BCUT2D eigenvalue weighted by Crippen LogP contribution is 2.32. The fraction of sp³-hybridized carbons (Fsp3) is 0.294. The number of halogens is 1. The Bertz CT molecular complexity index is 593. The first-order valence-electron chi connectivity index (χ1n) is 6.68. The Labute approximate surface area is 125 Å². The molecule has 1 N–H and O–H groups in total. The number of hydrogen-bond acceptors (Lipinski definition) is 2. The molecule has 1 atom stereocenters. The second-order valence-corrected chi connectivity index (χ2v) is 5.54. The molecule has 0 aromatic heterocycles. The third kappa shape index (κ3) is 3.33. The monoisotopic (exact) mass is 290 g/mol. The van der Waals surface area contributed by atoms with Crippen molar-refractivity contribution in [3.8, 4) is 5.75 Å². The van der Waals surface area contributed by atoms with Crippen molar-refractivity contribution in [1.29, 1.82) is 0 Å². The minimum absolute atomic E-state index is 0.0645. The average molecular weight is 291 g/mol. The Kier molecular flexibility index (Phi) is 4.69. The lowest BCUT2D eigenvalue weighted by Gasteiger charge is -2.19. The van der Waals surface area contributed by atoms with Crippen LogP contribution in [0.1, 0.15) is 36.6 Å². The number of aryl methyl sites for hydroxylation is 1. The lowest BCUT2D eigenvalue weighted by Crippen LogP contribution is -2.10. The maximum atomic E-state index is 10.6. The third-order valence-corrected chi connectivity index (χ3v) is 3.34. The first-order chi connectivity index (χ1) is 9.49. The van der Waals surface area contributed by atoms with Gasteiger partial charge in [-0.1, -0.05) is 35.9 Å². The Hall–Kier alpha value is -1.51. The van der Waals surface area contributed by atoms with Gasteiger partial charge in [-0.05, 0) is 50.1 Å². The van der Waals surface area contributed by atoms with Gasteiger partial charge in [0.1, 0.15) is 11.9 Å². The Morgan fingerprint density at radius 2 is 1.75 bits per heavy atom. The van der Waals surface area contributed by atoms with Crippen molar-refractivity contribution in [2.45, 2.75) is 33.0 Å². The molecule has 0 spiro atoms. The molecule has 0 aliphatic rings. The summed E-state index contributed by atoms with van der Waals surface area (Å²) in [7, 11) is 0. The smallest absolute Gasteiger partial charge is 0.125 e. The van der Waals surface area contributed by atoms with Gasteiger partial charge in [0.15, 0.2) is 0 Å². The number of ether oxygens (including phenoxy) is 1. The SMILES string of the molecule is Cc1cc(Cl)ccc1C(O)c1ccccc1OC(C)C. The standard InChI is InChI=1S/C17H19ClO2/c1-11(2)20-16-7-5-4-6-15(16)17(19)14-9-8-13(18)10-12(14)3/h4-11,17,19H,1-3H3. The predicted molar refractivity (Wildman–Crippen MR) is 82.5 cm³/mol. The topological polar surface area (TPSA) is 29.5 Å². The van der Waals surface area contributed by atoms with Crippen molar-refractivity contribution >= 4 is 11.6 Å². The van der Waals surface area contributed by atoms with E-state index in [1.807, 2.05) is 57.2 Å². The second-order valence-electron chi connectivity index (χ2n) is 5.11. The van der Waals surface area contributed by atoms with Gasteiger partial charge >= 0.3 is 0 Å². The number of aliphatic hydroxyl groups excluding tert-OH is 1. The molecule has 3 heteroatoms. The van der Waals surface area contributed by atoms with E-state index in [0.717, 1.165) is 16.7 Å². The van der Waals surface area contributed by atoms with Gasteiger partial charge in [-0.25, -0.2) is 0 Å². The van der Waals surface area contributed by atoms with Gasteiger partial charge in [-0.15, -0.1) is 0 Å². The van der Waals surface area contributed by atoms with E-state index in [2.05, 4.69) is 0 Å². The van der Waals surface area contributed by atoms with Crippen LogP contribution in [0.5, 0.6) is 5.75 Å². The Balaban J connectivity index is 2.40. The lowest BCUT2D eigenvalue weighted by molar-refractivity contribution is 0.197. The number of hydrogen-bond donors (Lipinski definition) is 1. The normalized spacial score (nSPS) is 12.5. The lowest BCUT2D eigenvalue weighted by atomic mass is 9.97. The van der Waals surface area contributed by atoms with E-state index in [1.165, 1.54) is 0 Å². The van der Waals surface area contributed by atoms with E-state index in [4.69, 9.17) is 16.3 Å². The van der Waals surface area contributed by atoms with Crippen LogP contribution in [0, 0.1) is 6.92 Å². The Morgan fingerprint density at radius 1 is 1.05 bits per heavy atom. The average Bonchev–Trinajstić information content (AvgIpc) is 2.38. The van der Waals surface area contributed by atoms with E-state index in [1.54, 1.807) is 6.07 Å². The van der Waals surface area contributed by atoms with Gasteiger partial charge in [0.2, 0.25) is 0 Å². The summed E-state index contributed by atoms with van der Waals surface area (Å²) in [5.74, 6) is 0.712. The van der Waals surface area contributed by atoms with Crippen LogP contribution >= 0.6 is 11.6 Å². The molecule has 0 saturated carbocycles. The summed E-state index contributed by atoms with van der Waals surface area (Å²) < 4.78 is 5.77. The molecule has 0 fully saturated rings. The van der Waals surface area contributed by atoms with Crippen molar-refractivity contribution in [2.24, 2.45) is 0 Å². The molecule has 0 aliphatic carbocycles. The summed E-state index contributed by atoms with van der Waals surface area (Å²) in [5, 5.41) is 11.3. The van der Waals surface area contributed by atoms with Crippen LogP contribution in [0.15, 0.2) is 42.5 Å².